The van der Waals surface area contributed by atoms with Crippen molar-refractivity contribution in [2.75, 3.05) is 0 Å². The second kappa shape index (κ2) is 5.25. The highest BCUT2D eigenvalue weighted by Crippen LogP contribution is 2.50. The Kier molecular flexibility index (Phi) is 3.66. The molecule has 0 N–H and O–H groups in total. The molecule has 0 aliphatic heterocycles. The van der Waals surface area contributed by atoms with Gasteiger partial charge in [-0.1, -0.05) is 50.5 Å². The third-order valence-corrected chi connectivity index (χ3v) is 5.45. The van der Waals surface area contributed by atoms with Gasteiger partial charge in [0.05, 0.1) is 5.38 Å². The Labute approximate surface area is 116 Å². The van der Waals surface area contributed by atoms with Crippen molar-refractivity contribution in [3.05, 3.63) is 35.4 Å². The third kappa shape index (κ3) is 2.59. The maximum Gasteiger partial charge on any atom is 0.0616 e. The number of hydrogen-bond donors (Lipinski definition) is 0. The molecule has 0 nitrogen and oxygen atoms in total. The predicted molar refractivity (Wildman–Crippen MR) is 78.1 cm³/mol. The highest BCUT2D eigenvalue weighted by molar-refractivity contribution is 6.21. The quantitative estimate of drug-likeness (QED) is 0.616. The SMILES string of the molecule is CC1CC1C(Cl)c1ccc(C2CCCCC2)cc1. The molecule has 3 unspecified atom stereocenters. The van der Waals surface area contributed by atoms with Crippen molar-refractivity contribution in [1.82, 2.24) is 0 Å². The molecule has 1 aromatic rings. The summed E-state index contributed by atoms with van der Waals surface area (Å²) in [4.78, 5) is 0. The zero-order chi connectivity index (χ0) is 12.5. The van der Waals surface area contributed by atoms with Gasteiger partial charge in [-0.05, 0) is 48.1 Å². The molecule has 1 aromatic carbocycles. The highest BCUT2D eigenvalue weighted by atomic mass is 35.5. The normalized spacial score (nSPS) is 30.1. The van der Waals surface area contributed by atoms with Gasteiger partial charge < -0.3 is 0 Å². The standard InChI is InChI=1S/C17H23Cl/c1-12-11-16(12)17(18)15-9-7-14(8-10-15)13-5-3-2-4-6-13/h7-10,12-13,16-17H,2-6,11H2,1H3. The number of benzene rings is 1. The Bertz CT molecular complexity index is 368. The third-order valence-electron chi connectivity index (χ3n) is 4.88. The Morgan fingerprint density at radius 3 is 2.22 bits per heavy atom. The molecular weight excluding hydrogens is 240 g/mol. The average molecular weight is 263 g/mol. The maximum atomic E-state index is 6.54. The summed E-state index contributed by atoms with van der Waals surface area (Å²) in [6.07, 6.45) is 8.30. The largest absolute Gasteiger partial charge is 0.118 e. The van der Waals surface area contributed by atoms with E-state index in [1.165, 1.54) is 49.7 Å². The van der Waals surface area contributed by atoms with Crippen LogP contribution in [0.2, 0.25) is 0 Å². The van der Waals surface area contributed by atoms with Gasteiger partial charge in [-0.15, -0.1) is 11.6 Å². The minimum atomic E-state index is 0.236. The molecule has 0 aromatic heterocycles. The Balaban J connectivity index is 1.68. The van der Waals surface area contributed by atoms with E-state index >= 15 is 0 Å². The lowest BCUT2D eigenvalue weighted by Gasteiger charge is -2.22. The molecule has 3 rings (SSSR count). The number of alkyl halides is 1. The van der Waals surface area contributed by atoms with Crippen LogP contribution in [0.5, 0.6) is 0 Å². The molecule has 0 bridgehead atoms. The summed E-state index contributed by atoms with van der Waals surface area (Å²) in [6, 6.07) is 9.20. The van der Waals surface area contributed by atoms with Gasteiger partial charge in [0.25, 0.3) is 0 Å². The highest BCUT2D eigenvalue weighted by Gasteiger charge is 2.39. The smallest absolute Gasteiger partial charge is 0.0616 e. The van der Waals surface area contributed by atoms with Crippen molar-refractivity contribution in [3.63, 3.8) is 0 Å². The van der Waals surface area contributed by atoms with Gasteiger partial charge in [0.15, 0.2) is 0 Å². The minimum absolute atomic E-state index is 0.236. The van der Waals surface area contributed by atoms with Gasteiger partial charge in [0.1, 0.15) is 0 Å². The van der Waals surface area contributed by atoms with Crippen LogP contribution < -0.4 is 0 Å². The van der Waals surface area contributed by atoms with Crippen LogP contribution in [0.1, 0.15) is 67.9 Å². The molecule has 0 amide bonds. The molecule has 0 radical (unpaired) electrons. The van der Waals surface area contributed by atoms with Gasteiger partial charge in [-0.25, -0.2) is 0 Å². The summed E-state index contributed by atoms with van der Waals surface area (Å²) in [5.74, 6) is 2.35. The summed E-state index contributed by atoms with van der Waals surface area (Å²) < 4.78 is 0. The molecule has 98 valence electrons. The number of rotatable bonds is 3. The molecule has 2 fully saturated rings. The van der Waals surface area contributed by atoms with Crippen molar-refractivity contribution >= 4 is 11.6 Å². The van der Waals surface area contributed by atoms with Crippen LogP contribution in [0, 0.1) is 11.8 Å². The molecule has 2 aliphatic rings. The Morgan fingerprint density at radius 1 is 1.06 bits per heavy atom. The van der Waals surface area contributed by atoms with Crippen LogP contribution >= 0.6 is 11.6 Å². The molecule has 0 spiro atoms. The van der Waals surface area contributed by atoms with E-state index in [0.29, 0.717) is 5.92 Å². The Hall–Kier alpha value is -0.490. The second-order valence-electron chi connectivity index (χ2n) is 6.28. The van der Waals surface area contributed by atoms with E-state index < -0.39 is 0 Å². The first kappa shape index (κ1) is 12.5. The lowest BCUT2D eigenvalue weighted by atomic mass is 9.84. The zero-order valence-corrected chi connectivity index (χ0v) is 12.0. The van der Waals surface area contributed by atoms with E-state index in [-0.39, 0.29) is 5.38 Å². The van der Waals surface area contributed by atoms with Crippen molar-refractivity contribution in [3.8, 4) is 0 Å². The van der Waals surface area contributed by atoms with Crippen molar-refractivity contribution in [1.29, 1.82) is 0 Å². The molecule has 1 heteroatoms. The van der Waals surface area contributed by atoms with E-state index in [2.05, 4.69) is 31.2 Å². The van der Waals surface area contributed by atoms with E-state index in [9.17, 15) is 0 Å². The lowest BCUT2D eigenvalue weighted by molar-refractivity contribution is 0.443. The molecular formula is C17H23Cl. The average Bonchev–Trinajstić information content (AvgIpc) is 3.16. The number of hydrogen-bond acceptors (Lipinski definition) is 0. The van der Waals surface area contributed by atoms with E-state index in [0.717, 1.165) is 11.8 Å². The molecule has 18 heavy (non-hydrogen) atoms. The summed E-state index contributed by atoms with van der Waals surface area (Å²) in [7, 11) is 0. The van der Waals surface area contributed by atoms with Crippen molar-refractivity contribution < 1.29 is 0 Å². The molecule has 2 saturated carbocycles. The maximum absolute atomic E-state index is 6.54. The zero-order valence-electron chi connectivity index (χ0n) is 11.2. The molecule has 0 heterocycles. The first-order chi connectivity index (χ1) is 8.75. The van der Waals surface area contributed by atoms with Crippen molar-refractivity contribution in [2.24, 2.45) is 11.8 Å². The fraction of sp³-hybridized carbons (Fsp3) is 0.647. The van der Waals surface area contributed by atoms with Gasteiger partial charge in [0.2, 0.25) is 0 Å². The molecule has 3 atom stereocenters. The number of halogens is 1. The fourth-order valence-corrected chi connectivity index (χ4v) is 3.89. The van der Waals surface area contributed by atoms with Crippen LogP contribution in [-0.4, -0.2) is 0 Å². The van der Waals surface area contributed by atoms with Crippen LogP contribution in [0.15, 0.2) is 24.3 Å². The monoisotopic (exact) mass is 262 g/mol. The van der Waals surface area contributed by atoms with Gasteiger partial charge in [-0.2, -0.15) is 0 Å². The van der Waals surface area contributed by atoms with Gasteiger partial charge >= 0.3 is 0 Å². The predicted octanol–water partition coefficient (Wildman–Crippen LogP) is 5.67. The van der Waals surface area contributed by atoms with Crippen LogP contribution in [-0.2, 0) is 0 Å². The summed E-state index contributed by atoms with van der Waals surface area (Å²) >= 11 is 6.54. The van der Waals surface area contributed by atoms with Gasteiger partial charge in [0, 0.05) is 0 Å². The summed E-state index contributed by atoms with van der Waals surface area (Å²) in [5.41, 5.74) is 2.86. The summed E-state index contributed by atoms with van der Waals surface area (Å²) in [6.45, 7) is 2.30. The van der Waals surface area contributed by atoms with E-state index in [1.54, 1.807) is 0 Å². The second-order valence-corrected chi connectivity index (χ2v) is 6.75. The van der Waals surface area contributed by atoms with Gasteiger partial charge in [-0.3, -0.25) is 0 Å². The Morgan fingerprint density at radius 2 is 1.67 bits per heavy atom. The van der Waals surface area contributed by atoms with E-state index in [1.807, 2.05) is 0 Å². The first-order valence-corrected chi connectivity index (χ1v) is 7.93. The van der Waals surface area contributed by atoms with Crippen molar-refractivity contribution in [2.45, 2.75) is 56.7 Å². The molecule has 0 saturated heterocycles. The van der Waals surface area contributed by atoms with Crippen LogP contribution in [0.3, 0.4) is 0 Å². The fourth-order valence-electron chi connectivity index (χ4n) is 3.39. The first-order valence-electron chi connectivity index (χ1n) is 7.49. The minimum Gasteiger partial charge on any atom is -0.118 e. The molecule has 2 aliphatic carbocycles. The van der Waals surface area contributed by atoms with E-state index in [4.69, 9.17) is 11.6 Å². The van der Waals surface area contributed by atoms with Crippen LogP contribution in [0.4, 0.5) is 0 Å². The topological polar surface area (TPSA) is 0 Å². The summed E-state index contributed by atoms with van der Waals surface area (Å²) in [5, 5.41) is 0.236. The lowest BCUT2D eigenvalue weighted by Crippen LogP contribution is -2.04. The van der Waals surface area contributed by atoms with Crippen LogP contribution in [0.25, 0.3) is 0 Å².